The van der Waals surface area contributed by atoms with Crippen molar-refractivity contribution in [2.75, 3.05) is 0 Å². The average molecular weight is 456 g/mol. The molecule has 1 aromatic heterocycles. The van der Waals surface area contributed by atoms with Gasteiger partial charge in [-0.05, 0) is 16.7 Å². The summed E-state index contributed by atoms with van der Waals surface area (Å²) >= 11 is 0. The third kappa shape index (κ3) is 6.56. The Labute approximate surface area is 197 Å². The van der Waals surface area contributed by atoms with Crippen molar-refractivity contribution in [1.82, 2.24) is 10.3 Å². The minimum Gasteiger partial charge on any atom is -0.456 e. The molecule has 0 saturated heterocycles. The lowest BCUT2D eigenvalue weighted by molar-refractivity contribution is 0.0465. The number of nitrogens with zero attached hydrogens (tertiary/aromatic N) is 1. The Kier molecular flexibility index (Phi) is 7.69. The molecule has 7 heteroatoms. The van der Waals surface area contributed by atoms with Gasteiger partial charge in [0, 0.05) is 6.42 Å². The van der Waals surface area contributed by atoms with Crippen molar-refractivity contribution in [1.29, 1.82) is 0 Å². The highest BCUT2D eigenvalue weighted by molar-refractivity contribution is 5.86. The molecule has 0 saturated carbocycles. The molecule has 1 atom stereocenters. The topological polar surface area (TPSA) is 90.7 Å². The molecule has 0 aliphatic heterocycles. The monoisotopic (exact) mass is 456 g/mol. The number of carbonyl (C=O) groups is 2. The summed E-state index contributed by atoms with van der Waals surface area (Å²) in [5.74, 6) is -0.420. The number of nitrogens with one attached hydrogen (secondary N) is 1. The van der Waals surface area contributed by atoms with Crippen LogP contribution in [0.3, 0.4) is 0 Å². The molecule has 0 radical (unpaired) electrons. The van der Waals surface area contributed by atoms with E-state index in [1.807, 2.05) is 91.0 Å². The quantitative estimate of drug-likeness (QED) is 0.346. The summed E-state index contributed by atoms with van der Waals surface area (Å²) in [6.45, 7) is 0.257. The SMILES string of the molecule is O=C(N[C@@H](Cc1ccccc1)c1nc(C(=O)OCc2ccccc2)co1)OCc1ccccc1. The molecule has 4 aromatic rings. The third-order valence-electron chi connectivity index (χ3n) is 5.03. The molecule has 7 nitrogen and oxygen atoms in total. The molecule has 0 unspecified atom stereocenters. The van der Waals surface area contributed by atoms with E-state index in [1.54, 1.807) is 0 Å². The van der Waals surface area contributed by atoms with Gasteiger partial charge in [-0.3, -0.25) is 0 Å². The van der Waals surface area contributed by atoms with Crippen LogP contribution >= 0.6 is 0 Å². The number of benzene rings is 3. The van der Waals surface area contributed by atoms with Crippen molar-refractivity contribution >= 4 is 12.1 Å². The molecule has 0 aliphatic rings. The lowest BCUT2D eigenvalue weighted by Crippen LogP contribution is -2.30. The number of aromatic nitrogens is 1. The Bertz CT molecular complexity index is 1190. The number of amides is 1. The van der Waals surface area contributed by atoms with E-state index >= 15 is 0 Å². The van der Waals surface area contributed by atoms with Crippen molar-refractivity contribution in [2.24, 2.45) is 0 Å². The number of alkyl carbamates (subject to hydrolysis) is 1. The predicted octanol–water partition coefficient (Wildman–Crippen LogP) is 5.24. The maximum Gasteiger partial charge on any atom is 0.408 e. The Morgan fingerprint density at radius 1 is 0.765 bits per heavy atom. The Balaban J connectivity index is 1.42. The zero-order chi connectivity index (χ0) is 23.6. The first-order valence-corrected chi connectivity index (χ1v) is 10.8. The summed E-state index contributed by atoms with van der Waals surface area (Å²) < 4.78 is 16.2. The summed E-state index contributed by atoms with van der Waals surface area (Å²) in [6.07, 6.45) is 1.02. The van der Waals surface area contributed by atoms with Gasteiger partial charge >= 0.3 is 12.1 Å². The van der Waals surface area contributed by atoms with Crippen LogP contribution in [-0.2, 0) is 29.1 Å². The zero-order valence-electron chi connectivity index (χ0n) is 18.4. The molecule has 0 aliphatic carbocycles. The van der Waals surface area contributed by atoms with Crippen LogP contribution in [0.4, 0.5) is 4.79 Å². The summed E-state index contributed by atoms with van der Waals surface area (Å²) in [6, 6.07) is 27.7. The maximum atomic E-state index is 12.5. The minimum absolute atomic E-state index is 0.0310. The van der Waals surface area contributed by atoms with Crippen LogP contribution in [0.5, 0.6) is 0 Å². The van der Waals surface area contributed by atoms with Crippen molar-refractivity contribution in [3.8, 4) is 0 Å². The van der Waals surface area contributed by atoms with Gasteiger partial charge in [0.25, 0.3) is 0 Å². The molecule has 0 spiro atoms. The first-order chi connectivity index (χ1) is 16.7. The van der Waals surface area contributed by atoms with Crippen LogP contribution in [0, 0.1) is 0 Å². The largest absolute Gasteiger partial charge is 0.456 e. The van der Waals surface area contributed by atoms with Crippen LogP contribution in [0.1, 0.15) is 39.1 Å². The van der Waals surface area contributed by atoms with Crippen LogP contribution in [0.25, 0.3) is 0 Å². The number of hydrogen-bond acceptors (Lipinski definition) is 6. The van der Waals surface area contributed by atoms with Crippen molar-refractivity contribution in [2.45, 2.75) is 25.7 Å². The molecule has 1 heterocycles. The van der Waals surface area contributed by atoms with E-state index in [0.29, 0.717) is 6.42 Å². The molecular weight excluding hydrogens is 432 g/mol. The molecule has 3 aromatic carbocycles. The van der Waals surface area contributed by atoms with Gasteiger partial charge in [-0.1, -0.05) is 91.0 Å². The van der Waals surface area contributed by atoms with E-state index in [0.717, 1.165) is 16.7 Å². The number of ether oxygens (including phenoxy) is 2. The summed E-state index contributed by atoms with van der Waals surface area (Å²) in [5, 5.41) is 2.79. The van der Waals surface area contributed by atoms with E-state index in [2.05, 4.69) is 10.3 Å². The van der Waals surface area contributed by atoms with Crippen molar-refractivity contribution in [3.05, 3.63) is 126 Å². The fourth-order valence-corrected chi connectivity index (χ4v) is 3.30. The van der Waals surface area contributed by atoms with Crippen molar-refractivity contribution < 1.29 is 23.5 Å². The van der Waals surface area contributed by atoms with Crippen LogP contribution in [0.15, 0.2) is 102 Å². The van der Waals surface area contributed by atoms with Crippen LogP contribution in [0.2, 0.25) is 0 Å². The summed E-state index contributed by atoms with van der Waals surface area (Å²) in [4.78, 5) is 29.2. The van der Waals surface area contributed by atoms with Gasteiger partial charge in [0.15, 0.2) is 5.69 Å². The zero-order valence-corrected chi connectivity index (χ0v) is 18.4. The standard InChI is InChI=1S/C27H24N2O5/c30-26(33-17-21-12-6-2-7-13-21)24-19-32-25(28-24)23(16-20-10-4-1-5-11-20)29-27(31)34-18-22-14-8-3-9-15-22/h1-15,19,23H,16-18H2,(H,29,31)/t23-/m0/s1. The fourth-order valence-electron chi connectivity index (χ4n) is 3.30. The fraction of sp³-hybridized carbons (Fsp3) is 0.148. The Morgan fingerprint density at radius 3 is 1.88 bits per heavy atom. The van der Waals surface area contributed by atoms with E-state index in [9.17, 15) is 9.59 Å². The van der Waals surface area contributed by atoms with E-state index in [4.69, 9.17) is 13.9 Å². The van der Waals surface area contributed by atoms with E-state index in [1.165, 1.54) is 6.26 Å². The van der Waals surface area contributed by atoms with Gasteiger partial charge < -0.3 is 19.2 Å². The lowest BCUT2D eigenvalue weighted by Gasteiger charge is -2.16. The molecule has 0 fully saturated rings. The minimum atomic E-state index is -0.638. The van der Waals surface area contributed by atoms with Gasteiger partial charge in [-0.25, -0.2) is 14.6 Å². The molecule has 1 N–H and O–H groups in total. The number of oxazole rings is 1. The number of esters is 1. The molecule has 34 heavy (non-hydrogen) atoms. The first kappa shape index (κ1) is 22.8. The van der Waals surface area contributed by atoms with E-state index in [-0.39, 0.29) is 24.8 Å². The van der Waals surface area contributed by atoms with Crippen LogP contribution < -0.4 is 5.32 Å². The number of rotatable bonds is 9. The number of hydrogen-bond donors (Lipinski definition) is 1. The van der Waals surface area contributed by atoms with Gasteiger partial charge in [0.05, 0.1) is 0 Å². The van der Waals surface area contributed by atoms with Crippen molar-refractivity contribution in [3.63, 3.8) is 0 Å². The van der Waals surface area contributed by atoms with Gasteiger partial charge in [-0.2, -0.15) is 0 Å². The normalized spacial score (nSPS) is 11.4. The summed E-state index contributed by atoms with van der Waals surface area (Å²) in [5.41, 5.74) is 2.73. The molecule has 172 valence electrons. The van der Waals surface area contributed by atoms with Gasteiger partial charge in [0.1, 0.15) is 25.5 Å². The highest BCUT2D eigenvalue weighted by atomic mass is 16.5. The average Bonchev–Trinajstić information content (AvgIpc) is 3.38. The van der Waals surface area contributed by atoms with Gasteiger partial charge in [-0.15, -0.1) is 0 Å². The van der Waals surface area contributed by atoms with Crippen LogP contribution in [-0.4, -0.2) is 17.0 Å². The summed E-state index contributed by atoms with van der Waals surface area (Å²) in [7, 11) is 0. The number of carbonyl (C=O) groups excluding carboxylic acids is 2. The second kappa shape index (κ2) is 11.5. The first-order valence-electron chi connectivity index (χ1n) is 10.8. The predicted molar refractivity (Wildman–Crippen MR) is 125 cm³/mol. The third-order valence-corrected chi connectivity index (χ3v) is 5.03. The van der Waals surface area contributed by atoms with Gasteiger partial charge in [0.2, 0.25) is 5.89 Å². The molecule has 0 bridgehead atoms. The smallest absolute Gasteiger partial charge is 0.408 e. The Hall–Kier alpha value is -4.39. The lowest BCUT2D eigenvalue weighted by atomic mass is 10.1. The second-order valence-electron chi connectivity index (χ2n) is 7.58. The second-order valence-corrected chi connectivity index (χ2v) is 7.58. The molecular formula is C27H24N2O5. The molecule has 4 rings (SSSR count). The Morgan fingerprint density at radius 2 is 1.29 bits per heavy atom. The maximum absolute atomic E-state index is 12.5. The molecule has 1 amide bonds. The highest BCUT2D eigenvalue weighted by Gasteiger charge is 2.24. The van der Waals surface area contributed by atoms with E-state index < -0.39 is 18.1 Å². The highest BCUT2D eigenvalue weighted by Crippen LogP contribution is 2.19.